The molecule has 3 aromatic rings. The molecule has 8 heteroatoms. The van der Waals surface area contributed by atoms with Crippen molar-refractivity contribution in [1.29, 1.82) is 0 Å². The molecule has 2 aromatic carbocycles. The zero-order chi connectivity index (χ0) is 20.6. The van der Waals surface area contributed by atoms with Crippen molar-refractivity contribution < 1.29 is 13.2 Å². The van der Waals surface area contributed by atoms with Crippen LogP contribution in [-0.4, -0.2) is 24.1 Å². The maximum Gasteiger partial charge on any atom is 0.272 e. The van der Waals surface area contributed by atoms with E-state index in [0.717, 1.165) is 41.8 Å². The molecule has 1 aliphatic carbocycles. The second kappa shape index (κ2) is 7.46. The minimum atomic E-state index is -3.74. The van der Waals surface area contributed by atoms with E-state index in [9.17, 15) is 13.2 Å². The molecular weight excluding hydrogens is 388 g/mol. The zero-order valence-electron chi connectivity index (χ0n) is 16.0. The number of carbonyl (C=O) groups is 1. The largest absolute Gasteiger partial charge is 0.344 e. The first kappa shape index (κ1) is 19.4. The molecule has 0 spiro atoms. The van der Waals surface area contributed by atoms with Gasteiger partial charge in [0.25, 0.3) is 5.91 Å². The number of hydrogen-bond donors (Lipinski definition) is 2. The van der Waals surface area contributed by atoms with Crippen LogP contribution in [0, 0.1) is 0 Å². The number of primary sulfonamides is 1. The van der Waals surface area contributed by atoms with Crippen LogP contribution in [0.1, 0.15) is 46.7 Å². The van der Waals surface area contributed by atoms with Crippen molar-refractivity contribution in [3.05, 3.63) is 77.1 Å². The highest BCUT2D eigenvalue weighted by Crippen LogP contribution is 2.28. The Bertz CT molecular complexity index is 1150. The van der Waals surface area contributed by atoms with Crippen LogP contribution in [0.3, 0.4) is 0 Å². The Hall–Kier alpha value is -2.97. The van der Waals surface area contributed by atoms with E-state index < -0.39 is 10.0 Å². The van der Waals surface area contributed by atoms with Crippen molar-refractivity contribution in [2.75, 3.05) is 0 Å². The molecule has 0 bridgehead atoms. The standard InChI is InChI=1S/C21H22N4O3S/c1-14(15-10-12-17(13-11-15)29(22,27)28)23-21(26)20-18-8-5-9-19(18)25(24-20)16-6-3-2-4-7-16/h2-4,6-7,10-14H,5,8-9H2,1H3,(H,23,26)(H2,22,27,28). The predicted molar refractivity (Wildman–Crippen MR) is 109 cm³/mol. The fourth-order valence-corrected chi connectivity index (χ4v) is 4.21. The second-order valence-electron chi connectivity index (χ2n) is 7.18. The Kier molecular flexibility index (Phi) is 4.97. The van der Waals surface area contributed by atoms with Gasteiger partial charge in [-0.3, -0.25) is 4.79 Å². The first-order chi connectivity index (χ1) is 13.8. The number of sulfonamides is 1. The van der Waals surface area contributed by atoms with Gasteiger partial charge in [-0.05, 0) is 56.0 Å². The number of benzene rings is 2. The van der Waals surface area contributed by atoms with Crippen molar-refractivity contribution in [2.45, 2.75) is 37.1 Å². The Balaban J connectivity index is 1.58. The summed E-state index contributed by atoms with van der Waals surface area (Å²) in [5.41, 5.74) is 4.27. The molecule has 4 rings (SSSR count). The number of nitrogens with one attached hydrogen (secondary N) is 1. The number of nitrogens with two attached hydrogens (primary N) is 1. The van der Waals surface area contributed by atoms with Gasteiger partial charge in [-0.25, -0.2) is 18.2 Å². The van der Waals surface area contributed by atoms with Gasteiger partial charge in [0.1, 0.15) is 0 Å². The van der Waals surface area contributed by atoms with E-state index >= 15 is 0 Å². The molecule has 0 aliphatic heterocycles. The number of hydrogen-bond acceptors (Lipinski definition) is 4. The van der Waals surface area contributed by atoms with Crippen molar-refractivity contribution in [3.8, 4) is 5.69 Å². The van der Waals surface area contributed by atoms with Gasteiger partial charge >= 0.3 is 0 Å². The first-order valence-electron chi connectivity index (χ1n) is 9.44. The van der Waals surface area contributed by atoms with E-state index in [0.29, 0.717) is 5.69 Å². The lowest BCUT2D eigenvalue weighted by atomic mass is 10.1. The molecule has 1 heterocycles. The number of nitrogens with zero attached hydrogens (tertiary/aromatic N) is 2. The van der Waals surface area contributed by atoms with Gasteiger partial charge in [-0.15, -0.1) is 0 Å². The molecule has 1 aliphatic rings. The lowest BCUT2D eigenvalue weighted by Gasteiger charge is -2.14. The summed E-state index contributed by atoms with van der Waals surface area (Å²) in [7, 11) is -3.74. The summed E-state index contributed by atoms with van der Waals surface area (Å²) in [6.07, 6.45) is 2.74. The molecule has 1 amide bonds. The lowest BCUT2D eigenvalue weighted by molar-refractivity contribution is 0.0933. The Morgan fingerprint density at radius 2 is 1.79 bits per heavy atom. The molecule has 150 valence electrons. The zero-order valence-corrected chi connectivity index (χ0v) is 16.8. The molecule has 1 atom stereocenters. The molecule has 1 unspecified atom stereocenters. The third kappa shape index (κ3) is 3.81. The molecule has 0 saturated heterocycles. The highest BCUT2D eigenvalue weighted by atomic mass is 32.2. The summed E-state index contributed by atoms with van der Waals surface area (Å²) in [5, 5.41) is 12.7. The lowest BCUT2D eigenvalue weighted by Crippen LogP contribution is -2.28. The maximum absolute atomic E-state index is 13.0. The smallest absolute Gasteiger partial charge is 0.272 e. The van der Waals surface area contributed by atoms with Crippen molar-refractivity contribution in [2.24, 2.45) is 5.14 Å². The van der Waals surface area contributed by atoms with Crippen LogP contribution in [0.15, 0.2) is 59.5 Å². The number of carbonyl (C=O) groups excluding carboxylic acids is 1. The Morgan fingerprint density at radius 1 is 1.10 bits per heavy atom. The topological polar surface area (TPSA) is 107 Å². The van der Waals surface area contributed by atoms with E-state index in [1.165, 1.54) is 12.1 Å². The van der Waals surface area contributed by atoms with Crippen LogP contribution in [0.4, 0.5) is 0 Å². The number of rotatable bonds is 5. The maximum atomic E-state index is 13.0. The molecule has 1 aromatic heterocycles. The molecular formula is C21H22N4O3S. The summed E-state index contributed by atoms with van der Waals surface area (Å²) in [4.78, 5) is 13.0. The monoisotopic (exact) mass is 410 g/mol. The molecule has 0 saturated carbocycles. The molecule has 29 heavy (non-hydrogen) atoms. The Morgan fingerprint density at radius 3 is 2.45 bits per heavy atom. The fraction of sp³-hybridized carbons (Fsp3) is 0.238. The number of amides is 1. The van der Waals surface area contributed by atoms with E-state index in [1.807, 2.05) is 41.9 Å². The van der Waals surface area contributed by atoms with Gasteiger partial charge < -0.3 is 5.32 Å². The third-order valence-corrected chi connectivity index (χ3v) is 6.13. The molecule has 7 nitrogen and oxygen atoms in total. The van der Waals surface area contributed by atoms with Crippen LogP contribution >= 0.6 is 0 Å². The van der Waals surface area contributed by atoms with Crippen LogP contribution < -0.4 is 10.5 Å². The SMILES string of the molecule is CC(NC(=O)c1nn(-c2ccccc2)c2c1CCC2)c1ccc(S(N)(=O)=O)cc1. The first-order valence-corrected chi connectivity index (χ1v) is 11.0. The van der Waals surface area contributed by atoms with Gasteiger partial charge in [0.15, 0.2) is 5.69 Å². The highest BCUT2D eigenvalue weighted by molar-refractivity contribution is 7.89. The minimum Gasteiger partial charge on any atom is -0.344 e. The fourth-order valence-electron chi connectivity index (χ4n) is 3.70. The van der Waals surface area contributed by atoms with Gasteiger partial charge in [0, 0.05) is 11.3 Å². The molecule has 0 fully saturated rings. The number of fused-ring (bicyclic) bond motifs is 1. The van der Waals surface area contributed by atoms with Gasteiger partial charge in [0.2, 0.25) is 10.0 Å². The number of aromatic nitrogens is 2. The quantitative estimate of drug-likeness (QED) is 0.674. The van der Waals surface area contributed by atoms with Gasteiger partial charge in [-0.2, -0.15) is 5.10 Å². The van der Waals surface area contributed by atoms with Crippen molar-refractivity contribution in [3.63, 3.8) is 0 Å². The number of para-hydroxylation sites is 1. The highest BCUT2D eigenvalue weighted by Gasteiger charge is 2.27. The van der Waals surface area contributed by atoms with E-state index in [-0.39, 0.29) is 16.8 Å². The van der Waals surface area contributed by atoms with E-state index in [1.54, 1.807) is 12.1 Å². The Labute approximate surface area is 169 Å². The third-order valence-electron chi connectivity index (χ3n) is 5.20. The molecule has 3 N–H and O–H groups in total. The van der Waals surface area contributed by atoms with Crippen molar-refractivity contribution >= 4 is 15.9 Å². The van der Waals surface area contributed by atoms with Crippen molar-refractivity contribution in [1.82, 2.24) is 15.1 Å². The van der Waals surface area contributed by atoms with Crippen LogP contribution in [0.2, 0.25) is 0 Å². The molecule has 0 radical (unpaired) electrons. The van der Waals surface area contributed by atoms with Crippen LogP contribution in [0.25, 0.3) is 5.69 Å². The summed E-state index contributed by atoms with van der Waals surface area (Å²) in [5.74, 6) is -0.235. The average Bonchev–Trinajstić information content (AvgIpc) is 3.30. The summed E-state index contributed by atoms with van der Waals surface area (Å²) >= 11 is 0. The predicted octanol–water partition coefficient (Wildman–Crippen LogP) is 2.50. The second-order valence-corrected chi connectivity index (χ2v) is 8.75. The summed E-state index contributed by atoms with van der Waals surface area (Å²) in [6, 6.07) is 15.7. The van der Waals surface area contributed by atoms with E-state index in [2.05, 4.69) is 10.4 Å². The van der Waals surface area contributed by atoms with Crippen LogP contribution in [-0.2, 0) is 22.9 Å². The van der Waals surface area contributed by atoms with Gasteiger partial charge in [-0.1, -0.05) is 30.3 Å². The van der Waals surface area contributed by atoms with E-state index in [4.69, 9.17) is 5.14 Å². The summed E-state index contributed by atoms with van der Waals surface area (Å²) < 4.78 is 24.7. The summed E-state index contributed by atoms with van der Waals surface area (Å²) in [6.45, 7) is 1.85. The minimum absolute atomic E-state index is 0.0409. The van der Waals surface area contributed by atoms with Crippen LogP contribution in [0.5, 0.6) is 0 Å². The normalized spacial score (nSPS) is 14.4. The van der Waals surface area contributed by atoms with Gasteiger partial charge in [0.05, 0.1) is 16.6 Å². The average molecular weight is 410 g/mol.